The van der Waals surface area contributed by atoms with Crippen molar-refractivity contribution < 1.29 is 14.3 Å². The van der Waals surface area contributed by atoms with Crippen molar-refractivity contribution in [3.05, 3.63) is 101 Å². The Morgan fingerprint density at radius 2 is 1.56 bits per heavy atom. The lowest BCUT2D eigenvalue weighted by Crippen LogP contribution is -2.51. The van der Waals surface area contributed by atoms with Gasteiger partial charge in [-0.25, -0.2) is 0 Å². The molecule has 0 aliphatic rings. The Labute approximate surface area is 219 Å². The van der Waals surface area contributed by atoms with E-state index in [9.17, 15) is 9.59 Å². The number of rotatable bonds is 13. The summed E-state index contributed by atoms with van der Waals surface area (Å²) in [4.78, 5) is 28.6. The van der Waals surface area contributed by atoms with Crippen molar-refractivity contribution in [1.82, 2.24) is 10.2 Å². The van der Waals surface area contributed by atoms with E-state index >= 15 is 0 Å². The number of ether oxygens (including phenoxy) is 1. The summed E-state index contributed by atoms with van der Waals surface area (Å²) >= 11 is 6.08. The van der Waals surface area contributed by atoms with Gasteiger partial charge >= 0.3 is 0 Å². The molecule has 2 amide bonds. The molecule has 5 nitrogen and oxygen atoms in total. The molecule has 6 heteroatoms. The SMILES string of the molecule is CCCCNC(=O)[C@H](Cc1ccccc1)N(Cc1ccc(Cl)cc1)C(=O)COc1ccc(CC)cc1. The highest BCUT2D eigenvalue weighted by atomic mass is 35.5. The fourth-order valence-corrected chi connectivity index (χ4v) is 4.02. The molecule has 3 aromatic carbocycles. The van der Waals surface area contributed by atoms with Gasteiger partial charge < -0.3 is 15.0 Å². The molecule has 0 spiro atoms. The molecule has 1 atom stereocenters. The summed E-state index contributed by atoms with van der Waals surface area (Å²) in [5, 5.41) is 3.64. The number of halogens is 1. The van der Waals surface area contributed by atoms with Crippen molar-refractivity contribution in [2.45, 2.75) is 52.1 Å². The number of carbonyl (C=O) groups excluding carboxylic acids is 2. The van der Waals surface area contributed by atoms with Crippen LogP contribution in [0, 0.1) is 0 Å². The van der Waals surface area contributed by atoms with E-state index in [1.807, 2.05) is 66.7 Å². The van der Waals surface area contributed by atoms with Gasteiger partial charge in [-0.3, -0.25) is 9.59 Å². The second kappa shape index (κ2) is 14.3. The van der Waals surface area contributed by atoms with Crippen molar-refractivity contribution in [1.29, 1.82) is 0 Å². The number of carbonyl (C=O) groups is 2. The predicted octanol–water partition coefficient (Wildman–Crippen LogP) is 5.84. The molecule has 3 aromatic rings. The number of benzene rings is 3. The summed E-state index contributed by atoms with van der Waals surface area (Å²) in [7, 11) is 0. The second-order valence-corrected chi connectivity index (χ2v) is 9.22. The van der Waals surface area contributed by atoms with Gasteiger partial charge in [0.1, 0.15) is 11.8 Å². The molecule has 1 N–H and O–H groups in total. The van der Waals surface area contributed by atoms with Crippen LogP contribution in [0.4, 0.5) is 0 Å². The number of nitrogens with zero attached hydrogens (tertiary/aromatic N) is 1. The predicted molar refractivity (Wildman–Crippen MR) is 145 cm³/mol. The van der Waals surface area contributed by atoms with Crippen LogP contribution in [0.1, 0.15) is 43.4 Å². The largest absolute Gasteiger partial charge is 0.484 e. The lowest BCUT2D eigenvalue weighted by atomic mass is 10.0. The van der Waals surface area contributed by atoms with Gasteiger partial charge in [-0.15, -0.1) is 0 Å². The first-order valence-electron chi connectivity index (χ1n) is 12.6. The standard InChI is InChI=1S/C30H35ClN2O3/c1-3-5-19-32-30(35)28(20-24-9-7-6-8-10-24)33(21-25-11-15-26(31)16-12-25)29(34)22-36-27-17-13-23(4-2)14-18-27/h6-18,28H,3-5,19-22H2,1-2H3,(H,32,35)/t28-/m0/s1. The van der Waals surface area contributed by atoms with E-state index in [0.29, 0.717) is 23.7 Å². The van der Waals surface area contributed by atoms with Crippen LogP contribution in [0.5, 0.6) is 5.75 Å². The maximum absolute atomic E-state index is 13.6. The minimum Gasteiger partial charge on any atom is -0.484 e. The zero-order valence-corrected chi connectivity index (χ0v) is 21.8. The van der Waals surface area contributed by atoms with Gasteiger partial charge in [0.2, 0.25) is 5.91 Å². The van der Waals surface area contributed by atoms with Crippen LogP contribution in [0.2, 0.25) is 5.02 Å². The van der Waals surface area contributed by atoms with Gasteiger partial charge in [0, 0.05) is 24.5 Å². The third-order valence-electron chi connectivity index (χ3n) is 6.06. The second-order valence-electron chi connectivity index (χ2n) is 8.78. The third-order valence-corrected chi connectivity index (χ3v) is 6.31. The van der Waals surface area contributed by atoms with E-state index in [1.165, 1.54) is 5.56 Å². The summed E-state index contributed by atoms with van der Waals surface area (Å²) in [6, 6.07) is 24.1. The quantitative estimate of drug-likeness (QED) is 0.296. The molecule has 0 saturated carbocycles. The fraction of sp³-hybridized carbons (Fsp3) is 0.333. The molecule has 0 radical (unpaired) electrons. The first-order chi connectivity index (χ1) is 17.5. The van der Waals surface area contributed by atoms with Gasteiger partial charge in [-0.05, 0) is 53.8 Å². The lowest BCUT2D eigenvalue weighted by molar-refractivity contribution is -0.142. The van der Waals surface area contributed by atoms with Crippen molar-refractivity contribution >= 4 is 23.4 Å². The molecule has 3 rings (SSSR count). The normalized spacial score (nSPS) is 11.5. The number of hydrogen-bond acceptors (Lipinski definition) is 3. The highest BCUT2D eigenvalue weighted by molar-refractivity contribution is 6.30. The Hall–Kier alpha value is -3.31. The number of aryl methyl sites for hydroxylation is 1. The Balaban J connectivity index is 1.85. The van der Waals surface area contributed by atoms with Crippen molar-refractivity contribution in [2.24, 2.45) is 0 Å². The topological polar surface area (TPSA) is 58.6 Å². The van der Waals surface area contributed by atoms with Crippen LogP contribution in [-0.2, 0) is 29.0 Å². The fourth-order valence-electron chi connectivity index (χ4n) is 3.90. The van der Waals surface area contributed by atoms with Crippen molar-refractivity contribution in [3.8, 4) is 5.75 Å². The van der Waals surface area contributed by atoms with Crippen LogP contribution >= 0.6 is 11.6 Å². The highest BCUT2D eigenvalue weighted by Crippen LogP contribution is 2.18. The van der Waals surface area contributed by atoms with Crippen molar-refractivity contribution in [2.75, 3.05) is 13.2 Å². The molecule has 0 aliphatic heterocycles. The number of nitrogens with one attached hydrogen (secondary N) is 1. The molecule has 0 saturated heterocycles. The van der Waals surface area contributed by atoms with E-state index in [4.69, 9.17) is 16.3 Å². The molecule has 0 fully saturated rings. The summed E-state index contributed by atoms with van der Waals surface area (Å²) < 4.78 is 5.84. The molecule has 0 aliphatic carbocycles. The molecular weight excluding hydrogens is 472 g/mol. The van der Waals surface area contributed by atoms with Gasteiger partial charge in [0.15, 0.2) is 6.61 Å². The van der Waals surface area contributed by atoms with Gasteiger partial charge in [-0.2, -0.15) is 0 Å². The average Bonchev–Trinajstić information content (AvgIpc) is 2.91. The molecule has 36 heavy (non-hydrogen) atoms. The van der Waals surface area contributed by atoms with E-state index in [-0.39, 0.29) is 25.0 Å². The Bertz CT molecular complexity index is 1090. The molecule has 190 valence electrons. The molecule has 0 unspecified atom stereocenters. The summed E-state index contributed by atoms with van der Waals surface area (Å²) in [5.41, 5.74) is 3.07. The first-order valence-corrected chi connectivity index (χ1v) is 12.9. The minimum absolute atomic E-state index is 0.160. The summed E-state index contributed by atoms with van der Waals surface area (Å²) in [5.74, 6) is 0.206. The number of amides is 2. The van der Waals surface area contributed by atoms with Crippen LogP contribution in [0.3, 0.4) is 0 Å². The van der Waals surface area contributed by atoms with Crippen LogP contribution in [-0.4, -0.2) is 35.9 Å². The summed E-state index contributed by atoms with van der Waals surface area (Å²) in [6.45, 7) is 4.85. The minimum atomic E-state index is -0.682. The Morgan fingerprint density at radius 1 is 0.889 bits per heavy atom. The first kappa shape index (κ1) is 27.3. The number of hydrogen-bond donors (Lipinski definition) is 1. The molecular formula is C30H35ClN2O3. The van der Waals surface area contributed by atoms with Gasteiger partial charge in [0.25, 0.3) is 5.91 Å². The smallest absolute Gasteiger partial charge is 0.261 e. The zero-order valence-electron chi connectivity index (χ0n) is 21.1. The van der Waals surface area contributed by atoms with Gasteiger partial charge in [-0.1, -0.05) is 86.5 Å². The highest BCUT2D eigenvalue weighted by Gasteiger charge is 2.30. The monoisotopic (exact) mass is 506 g/mol. The van der Waals surface area contributed by atoms with E-state index < -0.39 is 6.04 Å². The van der Waals surface area contributed by atoms with Gasteiger partial charge in [0.05, 0.1) is 0 Å². The lowest BCUT2D eigenvalue weighted by Gasteiger charge is -2.31. The molecule has 0 bridgehead atoms. The number of unbranched alkanes of at least 4 members (excludes halogenated alkanes) is 1. The van der Waals surface area contributed by atoms with E-state index in [2.05, 4.69) is 19.2 Å². The molecule has 0 aromatic heterocycles. The Kier molecular flexibility index (Phi) is 10.8. The molecule has 0 heterocycles. The van der Waals surface area contributed by atoms with E-state index in [0.717, 1.165) is 30.4 Å². The van der Waals surface area contributed by atoms with Crippen molar-refractivity contribution in [3.63, 3.8) is 0 Å². The average molecular weight is 507 g/mol. The maximum Gasteiger partial charge on any atom is 0.261 e. The maximum atomic E-state index is 13.6. The van der Waals surface area contributed by atoms with E-state index in [1.54, 1.807) is 17.0 Å². The summed E-state index contributed by atoms with van der Waals surface area (Å²) in [6.07, 6.45) is 3.19. The van der Waals surface area contributed by atoms with Crippen LogP contribution in [0.25, 0.3) is 0 Å². The third kappa shape index (κ3) is 8.42. The van der Waals surface area contributed by atoms with Crippen LogP contribution < -0.4 is 10.1 Å². The zero-order chi connectivity index (χ0) is 25.8. The van der Waals surface area contributed by atoms with Crippen LogP contribution in [0.15, 0.2) is 78.9 Å². The Morgan fingerprint density at radius 3 is 2.19 bits per heavy atom.